The van der Waals surface area contributed by atoms with Crippen molar-refractivity contribution in [3.63, 3.8) is 0 Å². The lowest BCUT2D eigenvalue weighted by atomic mass is 10.2. The number of primary amides is 1. The molecule has 0 saturated heterocycles. The van der Waals surface area contributed by atoms with Crippen molar-refractivity contribution >= 4 is 35.1 Å². The summed E-state index contributed by atoms with van der Waals surface area (Å²) in [4.78, 5) is 13.0. The molecule has 0 aliphatic heterocycles. The third-order valence-electron chi connectivity index (χ3n) is 2.80. The zero-order chi connectivity index (χ0) is 11.5. The Balaban J connectivity index is 2.20. The molecule has 0 atom stereocenters. The van der Waals surface area contributed by atoms with Crippen LogP contribution in [0.25, 0.3) is 0 Å². The number of nitrogens with zero attached hydrogens (tertiary/aromatic N) is 3. The summed E-state index contributed by atoms with van der Waals surface area (Å²) in [6, 6.07) is 0.314. The Labute approximate surface area is 103 Å². The summed E-state index contributed by atoms with van der Waals surface area (Å²) < 4.78 is 8.05. The highest BCUT2D eigenvalue weighted by molar-refractivity contribution is 6.99. The Morgan fingerprint density at radius 1 is 1.50 bits per heavy atom. The summed E-state index contributed by atoms with van der Waals surface area (Å²) in [5.74, 6) is 0.230. The summed E-state index contributed by atoms with van der Waals surface area (Å²) in [6.07, 6.45) is 4.46. The van der Waals surface area contributed by atoms with Crippen LogP contribution in [0, 0.1) is 0 Å². The van der Waals surface area contributed by atoms with E-state index in [9.17, 15) is 4.79 Å². The van der Waals surface area contributed by atoms with Gasteiger partial charge in [-0.2, -0.15) is 8.75 Å². The molecule has 0 spiro atoms. The number of aromatic nitrogens is 2. The number of rotatable bonds is 4. The average Bonchev–Trinajstić information content (AvgIpc) is 2.84. The second-order valence-electron chi connectivity index (χ2n) is 3.91. The van der Waals surface area contributed by atoms with Crippen LogP contribution < -0.4 is 10.6 Å². The van der Waals surface area contributed by atoms with Crippen LogP contribution in [0.2, 0.25) is 5.15 Å². The second kappa shape index (κ2) is 4.97. The monoisotopic (exact) mass is 260 g/mol. The van der Waals surface area contributed by atoms with Crippen molar-refractivity contribution in [3.05, 3.63) is 5.15 Å². The van der Waals surface area contributed by atoms with Gasteiger partial charge in [0.25, 0.3) is 0 Å². The molecule has 7 heteroatoms. The molecule has 1 fully saturated rings. The smallest absolute Gasteiger partial charge is 0.237 e. The van der Waals surface area contributed by atoms with E-state index < -0.39 is 0 Å². The zero-order valence-corrected chi connectivity index (χ0v) is 10.3. The van der Waals surface area contributed by atoms with Crippen molar-refractivity contribution in [1.82, 2.24) is 8.75 Å². The molecule has 1 amide bonds. The van der Waals surface area contributed by atoms with Crippen molar-refractivity contribution in [1.29, 1.82) is 0 Å². The number of carbonyl (C=O) groups excluding carboxylic acids is 1. The predicted octanol–water partition coefficient (Wildman–Crippen LogP) is 1.43. The number of carbonyl (C=O) groups is 1. The molecule has 0 bridgehead atoms. The lowest BCUT2D eigenvalue weighted by Crippen LogP contribution is -2.40. The number of hydrogen-bond acceptors (Lipinski definition) is 5. The maximum Gasteiger partial charge on any atom is 0.237 e. The lowest BCUT2D eigenvalue weighted by Gasteiger charge is -2.27. The first-order valence-electron chi connectivity index (χ1n) is 5.21. The van der Waals surface area contributed by atoms with E-state index in [1.54, 1.807) is 0 Å². The molecule has 1 aromatic rings. The topological polar surface area (TPSA) is 72.1 Å². The van der Waals surface area contributed by atoms with Gasteiger partial charge in [-0.05, 0) is 12.8 Å². The van der Waals surface area contributed by atoms with E-state index in [4.69, 9.17) is 17.3 Å². The van der Waals surface area contributed by atoms with Crippen molar-refractivity contribution < 1.29 is 4.79 Å². The van der Waals surface area contributed by atoms with Gasteiger partial charge in [0.15, 0.2) is 11.0 Å². The number of halogens is 1. The molecule has 2 N–H and O–H groups in total. The van der Waals surface area contributed by atoms with Crippen LogP contribution >= 0.6 is 23.3 Å². The van der Waals surface area contributed by atoms with Crippen molar-refractivity contribution in [2.24, 2.45) is 5.73 Å². The summed E-state index contributed by atoms with van der Waals surface area (Å²) in [7, 11) is 0. The van der Waals surface area contributed by atoms with Gasteiger partial charge in [-0.25, -0.2) is 0 Å². The van der Waals surface area contributed by atoms with Crippen LogP contribution in [0.3, 0.4) is 0 Å². The summed E-state index contributed by atoms with van der Waals surface area (Å²) in [5, 5.41) is 0.359. The molecule has 1 heterocycles. The van der Waals surface area contributed by atoms with E-state index >= 15 is 0 Å². The van der Waals surface area contributed by atoms with Crippen LogP contribution in [0.1, 0.15) is 25.7 Å². The molecule has 5 nitrogen and oxygen atoms in total. The maximum absolute atomic E-state index is 11.1. The minimum Gasteiger partial charge on any atom is -0.368 e. The van der Waals surface area contributed by atoms with Gasteiger partial charge < -0.3 is 10.6 Å². The van der Waals surface area contributed by atoms with Crippen LogP contribution in [0.4, 0.5) is 5.82 Å². The molecule has 0 unspecified atom stereocenters. The first-order valence-corrected chi connectivity index (χ1v) is 6.32. The maximum atomic E-state index is 11.1. The first-order chi connectivity index (χ1) is 7.68. The van der Waals surface area contributed by atoms with Gasteiger partial charge in [-0.1, -0.05) is 24.4 Å². The molecule has 0 aromatic carbocycles. The lowest BCUT2D eigenvalue weighted by molar-refractivity contribution is -0.116. The van der Waals surface area contributed by atoms with Gasteiger partial charge in [0.05, 0.1) is 18.3 Å². The van der Waals surface area contributed by atoms with Crippen LogP contribution in [0.15, 0.2) is 0 Å². The average molecular weight is 261 g/mol. The van der Waals surface area contributed by atoms with Gasteiger partial charge in [-0.15, -0.1) is 0 Å². The van der Waals surface area contributed by atoms with Gasteiger partial charge in [0.2, 0.25) is 5.91 Å². The highest BCUT2D eigenvalue weighted by Crippen LogP contribution is 2.31. The number of hydrogen-bond donors (Lipinski definition) is 1. The fourth-order valence-corrected chi connectivity index (χ4v) is 2.86. The minimum absolute atomic E-state index is 0.162. The first kappa shape index (κ1) is 11.6. The molecule has 2 rings (SSSR count). The van der Waals surface area contributed by atoms with Gasteiger partial charge in [-0.3, -0.25) is 4.79 Å². The largest absolute Gasteiger partial charge is 0.368 e. The quantitative estimate of drug-likeness (QED) is 0.889. The molecular formula is C9H13ClN4OS. The number of amides is 1. The van der Waals surface area contributed by atoms with E-state index in [1.807, 2.05) is 4.90 Å². The molecular weight excluding hydrogens is 248 g/mol. The fourth-order valence-electron chi connectivity index (χ4n) is 2.11. The van der Waals surface area contributed by atoms with Crippen LogP contribution in [-0.2, 0) is 4.79 Å². The second-order valence-corrected chi connectivity index (χ2v) is 4.80. The van der Waals surface area contributed by atoms with Gasteiger partial charge in [0.1, 0.15) is 0 Å². The predicted molar refractivity (Wildman–Crippen MR) is 63.7 cm³/mol. The fraction of sp³-hybridized carbons (Fsp3) is 0.667. The van der Waals surface area contributed by atoms with E-state index in [2.05, 4.69) is 8.75 Å². The number of anilines is 1. The van der Waals surface area contributed by atoms with Gasteiger partial charge >= 0.3 is 0 Å². The molecule has 1 saturated carbocycles. The summed E-state index contributed by atoms with van der Waals surface area (Å²) >= 11 is 6.99. The molecule has 1 aliphatic carbocycles. The van der Waals surface area contributed by atoms with E-state index in [0.717, 1.165) is 24.6 Å². The molecule has 0 radical (unpaired) electrons. The molecule has 1 aliphatic rings. The SMILES string of the molecule is NC(=O)CN(c1nsnc1Cl)C1CCCC1. The normalized spacial score (nSPS) is 16.6. The Morgan fingerprint density at radius 3 is 2.69 bits per heavy atom. The van der Waals surface area contributed by atoms with E-state index in [-0.39, 0.29) is 12.5 Å². The van der Waals surface area contributed by atoms with Crippen LogP contribution in [0.5, 0.6) is 0 Å². The Morgan fingerprint density at radius 2 is 2.19 bits per heavy atom. The Hall–Kier alpha value is -0.880. The molecule has 88 valence electrons. The third kappa shape index (κ3) is 2.44. The standard InChI is InChI=1S/C9H13ClN4OS/c10-8-9(13-16-12-8)14(5-7(11)15)6-3-1-2-4-6/h6H,1-5H2,(H2,11,15). The summed E-state index contributed by atoms with van der Waals surface area (Å²) in [5.41, 5.74) is 5.25. The van der Waals surface area contributed by atoms with Crippen molar-refractivity contribution in [2.75, 3.05) is 11.4 Å². The van der Waals surface area contributed by atoms with E-state index in [1.165, 1.54) is 12.8 Å². The van der Waals surface area contributed by atoms with E-state index in [0.29, 0.717) is 17.0 Å². The van der Waals surface area contributed by atoms with Crippen molar-refractivity contribution in [3.8, 4) is 0 Å². The Bertz CT molecular complexity index is 377. The zero-order valence-electron chi connectivity index (χ0n) is 8.73. The minimum atomic E-state index is -0.365. The summed E-state index contributed by atoms with van der Waals surface area (Å²) in [6.45, 7) is 0.162. The Kier molecular flexibility index (Phi) is 3.60. The molecule has 1 aromatic heterocycles. The highest BCUT2D eigenvalue weighted by Gasteiger charge is 2.27. The van der Waals surface area contributed by atoms with Crippen LogP contribution in [-0.4, -0.2) is 27.2 Å². The third-order valence-corrected chi connectivity index (χ3v) is 3.67. The highest BCUT2D eigenvalue weighted by atomic mass is 35.5. The van der Waals surface area contributed by atoms with Gasteiger partial charge in [0, 0.05) is 6.04 Å². The van der Waals surface area contributed by atoms with Crippen molar-refractivity contribution in [2.45, 2.75) is 31.7 Å². The molecule has 16 heavy (non-hydrogen) atoms. The number of nitrogens with two attached hydrogens (primary N) is 1.